The predicted molar refractivity (Wildman–Crippen MR) is 57.8 cm³/mol. The van der Waals surface area contributed by atoms with Gasteiger partial charge in [0.1, 0.15) is 0 Å². The highest BCUT2D eigenvalue weighted by molar-refractivity contribution is 5.53. The van der Waals surface area contributed by atoms with Crippen molar-refractivity contribution in [3.8, 4) is 0 Å². The van der Waals surface area contributed by atoms with Crippen molar-refractivity contribution in [2.24, 2.45) is 0 Å². The van der Waals surface area contributed by atoms with Gasteiger partial charge in [0, 0.05) is 0 Å². The SMILES string of the molecule is CC1=C/C(=C2\C=C(C(F)(F)F)C=CC2)C=C1. The fourth-order valence-corrected chi connectivity index (χ4v) is 1.75. The molecule has 84 valence electrons. The number of alkyl halides is 3. The van der Waals surface area contributed by atoms with Crippen LogP contribution < -0.4 is 0 Å². The van der Waals surface area contributed by atoms with E-state index in [2.05, 4.69) is 0 Å². The molecule has 0 saturated carbocycles. The Labute approximate surface area is 92.2 Å². The fraction of sp³-hybridized carbons (Fsp3) is 0.231. The Morgan fingerprint density at radius 2 is 1.81 bits per heavy atom. The van der Waals surface area contributed by atoms with E-state index in [4.69, 9.17) is 0 Å². The van der Waals surface area contributed by atoms with Crippen molar-refractivity contribution < 1.29 is 13.2 Å². The minimum Gasteiger partial charge on any atom is -0.166 e. The van der Waals surface area contributed by atoms with Gasteiger partial charge >= 0.3 is 6.18 Å². The summed E-state index contributed by atoms with van der Waals surface area (Å²) in [5, 5.41) is 0. The van der Waals surface area contributed by atoms with E-state index in [0.717, 1.165) is 22.8 Å². The lowest BCUT2D eigenvalue weighted by atomic mass is 9.97. The topological polar surface area (TPSA) is 0 Å². The van der Waals surface area contributed by atoms with Crippen LogP contribution in [0.15, 0.2) is 58.7 Å². The van der Waals surface area contributed by atoms with Crippen molar-refractivity contribution in [1.29, 1.82) is 0 Å². The van der Waals surface area contributed by atoms with Crippen molar-refractivity contribution in [2.75, 3.05) is 0 Å². The fourth-order valence-electron chi connectivity index (χ4n) is 1.75. The third-order valence-electron chi connectivity index (χ3n) is 2.57. The van der Waals surface area contributed by atoms with Crippen LogP contribution in [0.5, 0.6) is 0 Å². The molecule has 0 unspecified atom stereocenters. The van der Waals surface area contributed by atoms with Gasteiger partial charge in [-0.05, 0) is 30.6 Å². The van der Waals surface area contributed by atoms with E-state index in [1.54, 1.807) is 6.08 Å². The molecule has 2 aliphatic rings. The van der Waals surface area contributed by atoms with Gasteiger partial charge in [0.15, 0.2) is 0 Å². The molecule has 0 N–H and O–H groups in total. The molecule has 0 radical (unpaired) electrons. The molecule has 0 nitrogen and oxygen atoms in total. The zero-order valence-electron chi connectivity index (χ0n) is 8.81. The number of hydrogen-bond donors (Lipinski definition) is 0. The van der Waals surface area contributed by atoms with Crippen LogP contribution in [0.3, 0.4) is 0 Å². The zero-order valence-corrected chi connectivity index (χ0v) is 8.81. The number of rotatable bonds is 0. The van der Waals surface area contributed by atoms with Crippen LogP contribution in [0.2, 0.25) is 0 Å². The molecule has 0 atom stereocenters. The second-order valence-electron chi connectivity index (χ2n) is 3.91. The molecular formula is C13H11F3. The number of allylic oxidation sites excluding steroid dienone is 10. The molecule has 16 heavy (non-hydrogen) atoms. The molecule has 0 aromatic rings. The van der Waals surface area contributed by atoms with Crippen LogP contribution in [-0.2, 0) is 0 Å². The third-order valence-corrected chi connectivity index (χ3v) is 2.57. The van der Waals surface area contributed by atoms with Gasteiger partial charge in [-0.1, -0.05) is 36.0 Å². The maximum Gasteiger partial charge on any atom is 0.416 e. The summed E-state index contributed by atoms with van der Waals surface area (Å²) in [6.45, 7) is 1.93. The summed E-state index contributed by atoms with van der Waals surface area (Å²) in [4.78, 5) is 0. The molecule has 0 bridgehead atoms. The second-order valence-corrected chi connectivity index (χ2v) is 3.91. The molecular weight excluding hydrogens is 213 g/mol. The summed E-state index contributed by atoms with van der Waals surface area (Å²) in [5.74, 6) is 0. The first kappa shape index (κ1) is 11.0. The largest absolute Gasteiger partial charge is 0.416 e. The molecule has 2 rings (SSSR count). The minimum absolute atomic E-state index is 0.559. The predicted octanol–water partition coefficient (Wildman–Crippen LogP) is 4.25. The maximum atomic E-state index is 12.5. The molecule has 0 fully saturated rings. The van der Waals surface area contributed by atoms with Crippen LogP contribution in [0.25, 0.3) is 0 Å². The summed E-state index contributed by atoms with van der Waals surface area (Å²) >= 11 is 0. The highest BCUT2D eigenvalue weighted by atomic mass is 19.4. The molecule has 0 saturated heterocycles. The molecule has 0 aromatic carbocycles. The standard InChI is InChI=1S/C13H11F3/c1-9-5-6-11(7-9)10-3-2-4-12(8-10)13(14,15)16/h2,4-8H,3H2,1H3/b11-10-. The van der Waals surface area contributed by atoms with Crippen molar-refractivity contribution in [2.45, 2.75) is 19.5 Å². The Morgan fingerprint density at radius 3 is 2.38 bits per heavy atom. The monoisotopic (exact) mass is 224 g/mol. The Kier molecular flexibility index (Phi) is 2.62. The van der Waals surface area contributed by atoms with Gasteiger partial charge < -0.3 is 0 Å². The third kappa shape index (κ3) is 2.18. The minimum atomic E-state index is -4.26. The molecule has 0 aliphatic heterocycles. The van der Waals surface area contributed by atoms with Crippen LogP contribution in [0.4, 0.5) is 13.2 Å². The van der Waals surface area contributed by atoms with E-state index in [9.17, 15) is 13.2 Å². The van der Waals surface area contributed by atoms with E-state index in [-0.39, 0.29) is 0 Å². The van der Waals surface area contributed by atoms with Gasteiger partial charge in [-0.25, -0.2) is 0 Å². The van der Waals surface area contributed by atoms with Gasteiger partial charge in [0.2, 0.25) is 0 Å². The first-order valence-corrected chi connectivity index (χ1v) is 5.02. The Hall–Kier alpha value is -1.51. The molecule has 2 aliphatic carbocycles. The summed E-state index contributed by atoms with van der Waals surface area (Å²) in [7, 11) is 0. The van der Waals surface area contributed by atoms with Crippen LogP contribution in [0, 0.1) is 0 Å². The summed E-state index contributed by atoms with van der Waals surface area (Å²) in [6.07, 6.45) is 5.89. The normalized spacial score (nSPS) is 24.8. The van der Waals surface area contributed by atoms with E-state index < -0.39 is 11.7 Å². The van der Waals surface area contributed by atoms with E-state index in [1.807, 2.05) is 25.2 Å². The molecule has 0 aromatic heterocycles. The van der Waals surface area contributed by atoms with Gasteiger partial charge in [0.05, 0.1) is 5.57 Å². The maximum absolute atomic E-state index is 12.5. The molecule has 0 spiro atoms. The average Bonchev–Trinajstić information content (AvgIpc) is 2.64. The highest BCUT2D eigenvalue weighted by Crippen LogP contribution is 2.33. The van der Waals surface area contributed by atoms with Gasteiger partial charge in [0.25, 0.3) is 0 Å². The lowest BCUT2D eigenvalue weighted by Crippen LogP contribution is -2.11. The Balaban J connectivity index is 2.38. The van der Waals surface area contributed by atoms with Crippen molar-refractivity contribution in [3.63, 3.8) is 0 Å². The first-order chi connectivity index (χ1) is 7.47. The average molecular weight is 224 g/mol. The molecule has 0 heterocycles. The first-order valence-electron chi connectivity index (χ1n) is 5.02. The summed E-state index contributed by atoms with van der Waals surface area (Å²) in [6, 6.07) is 0. The number of halogens is 3. The van der Waals surface area contributed by atoms with Crippen molar-refractivity contribution in [3.05, 3.63) is 58.7 Å². The lowest BCUT2D eigenvalue weighted by molar-refractivity contribution is -0.0883. The summed E-state index contributed by atoms with van der Waals surface area (Å²) < 4.78 is 37.5. The van der Waals surface area contributed by atoms with Gasteiger partial charge in [-0.3, -0.25) is 0 Å². The molecule has 0 amide bonds. The van der Waals surface area contributed by atoms with Crippen LogP contribution >= 0.6 is 0 Å². The zero-order chi connectivity index (χ0) is 11.8. The smallest absolute Gasteiger partial charge is 0.166 e. The number of hydrogen-bond acceptors (Lipinski definition) is 0. The second kappa shape index (κ2) is 3.81. The quantitative estimate of drug-likeness (QED) is 0.577. The van der Waals surface area contributed by atoms with Crippen molar-refractivity contribution in [1.82, 2.24) is 0 Å². The van der Waals surface area contributed by atoms with E-state index >= 15 is 0 Å². The Morgan fingerprint density at radius 1 is 1.06 bits per heavy atom. The Bertz CT molecular complexity index is 454. The van der Waals surface area contributed by atoms with Crippen LogP contribution in [0.1, 0.15) is 13.3 Å². The van der Waals surface area contributed by atoms with Gasteiger partial charge in [-0.15, -0.1) is 0 Å². The van der Waals surface area contributed by atoms with Gasteiger partial charge in [-0.2, -0.15) is 13.2 Å². The summed E-state index contributed by atoms with van der Waals surface area (Å²) in [5.41, 5.74) is 2.10. The highest BCUT2D eigenvalue weighted by Gasteiger charge is 2.32. The lowest BCUT2D eigenvalue weighted by Gasteiger charge is -2.13. The van der Waals surface area contributed by atoms with E-state index in [0.29, 0.717) is 6.42 Å². The van der Waals surface area contributed by atoms with E-state index in [1.165, 1.54) is 6.08 Å². The van der Waals surface area contributed by atoms with Crippen molar-refractivity contribution >= 4 is 0 Å². The molecule has 3 heteroatoms. The van der Waals surface area contributed by atoms with Crippen LogP contribution in [-0.4, -0.2) is 6.18 Å².